The summed E-state index contributed by atoms with van der Waals surface area (Å²) in [5.74, 6) is 0. The van der Waals surface area contributed by atoms with Gasteiger partial charge in [-0.25, -0.2) is 0 Å². The van der Waals surface area contributed by atoms with Gasteiger partial charge in [-0.15, -0.1) is 0 Å². The fourth-order valence-corrected chi connectivity index (χ4v) is 0.984. The first-order chi connectivity index (χ1) is 7.41. The van der Waals surface area contributed by atoms with Gasteiger partial charge in [0, 0.05) is 19.6 Å². The van der Waals surface area contributed by atoms with Crippen molar-refractivity contribution >= 4 is 0 Å². The van der Waals surface area contributed by atoms with Gasteiger partial charge < -0.3 is 14.6 Å². The molecule has 0 aromatic carbocycles. The molecule has 0 saturated carbocycles. The van der Waals surface area contributed by atoms with Crippen molar-refractivity contribution in [1.82, 2.24) is 0 Å². The SMILES string of the molecule is CCOC(C/C=C/C(O)C(F)(F)F)OCC. The minimum Gasteiger partial charge on any atom is -0.380 e. The Morgan fingerprint density at radius 2 is 1.69 bits per heavy atom. The Morgan fingerprint density at radius 3 is 2.06 bits per heavy atom. The Bertz CT molecular complexity index is 198. The molecule has 0 amide bonds. The Morgan fingerprint density at radius 1 is 1.19 bits per heavy atom. The Labute approximate surface area is 92.9 Å². The zero-order chi connectivity index (χ0) is 12.6. The maximum Gasteiger partial charge on any atom is 0.417 e. The highest BCUT2D eigenvalue weighted by Gasteiger charge is 2.36. The highest BCUT2D eigenvalue weighted by molar-refractivity contribution is 4.92. The normalized spacial score (nSPS) is 14.9. The van der Waals surface area contributed by atoms with Crippen molar-refractivity contribution in [2.75, 3.05) is 13.2 Å². The molecule has 0 saturated heterocycles. The van der Waals surface area contributed by atoms with Gasteiger partial charge >= 0.3 is 6.18 Å². The number of rotatable bonds is 7. The average Bonchev–Trinajstić information content (AvgIpc) is 2.16. The number of aliphatic hydroxyl groups excluding tert-OH is 1. The second kappa shape index (κ2) is 7.65. The van der Waals surface area contributed by atoms with E-state index in [9.17, 15) is 13.2 Å². The van der Waals surface area contributed by atoms with Crippen molar-refractivity contribution < 1.29 is 27.8 Å². The summed E-state index contributed by atoms with van der Waals surface area (Å²) in [6, 6.07) is 0. The molecule has 0 fully saturated rings. The van der Waals surface area contributed by atoms with Crippen LogP contribution in [-0.4, -0.2) is 36.9 Å². The maximum absolute atomic E-state index is 11.9. The van der Waals surface area contributed by atoms with Gasteiger partial charge in [-0.05, 0) is 13.8 Å². The Hall–Kier alpha value is -0.590. The molecule has 1 unspecified atom stereocenters. The van der Waals surface area contributed by atoms with Gasteiger partial charge in [0.1, 0.15) is 0 Å². The predicted molar refractivity (Wildman–Crippen MR) is 52.9 cm³/mol. The van der Waals surface area contributed by atoms with Crippen molar-refractivity contribution in [3.8, 4) is 0 Å². The smallest absolute Gasteiger partial charge is 0.380 e. The van der Waals surface area contributed by atoms with E-state index in [0.29, 0.717) is 19.3 Å². The van der Waals surface area contributed by atoms with Gasteiger partial charge in [-0.1, -0.05) is 12.2 Å². The maximum atomic E-state index is 11.9. The largest absolute Gasteiger partial charge is 0.417 e. The van der Waals surface area contributed by atoms with Crippen molar-refractivity contribution in [2.45, 2.75) is 38.8 Å². The Kier molecular flexibility index (Phi) is 7.36. The molecule has 0 spiro atoms. The highest BCUT2D eigenvalue weighted by atomic mass is 19.4. The van der Waals surface area contributed by atoms with Gasteiger partial charge in [-0.3, -0.25) is 0 Å². The van der Waals surface area contributed by atoms with E-state index in [4.69, 9.17) is 14.6 Å². The zero-order valence-electron chi connectivity index (χ0n) is 9.33. The predicted octanol–water partition coefficient (Wildman–Crippen LogP) is 2.25. The van der Waals surface area contributed by atoms with E-state index in [1.54, 1.807) is 13.8 Å². The zero-order valence-corrected chi connectivity index (χ0v) is 9.33. The van der Waals surface area contributed by atoms with Gasteiger partial charge in [0.05, 0.1) is 0 Å². The number of alkyl halides is 3. The number of ether oxygens (including phenoxy) is 2. The second-order valence-corrected chi connectivity index (χ2v) is 2.99. The molecule has 16 heavy (non-hydrogen) atoms. The first-order valence-electron chi connectivity index (χ1n) is 5.06. The fourth-order valence-electron chi connectivity index (χ4n) is 0.984. The van der Waals surface area contributed by atoms with Crippen LogP contribution >= 0.6 is 0 Å². The van der Waals surface area contributed by atoms with E-state index >= 15 is 0 Å². The quantitative estimate of drug-likeness (QED) is 0.549. The van der Waals surface area contributed by atoms with Crippen LogP contribution < -0.4 is 0 Å². The minimum absolute atomic E-state index is 0.175. The number of hydrogen-bond acceptors (Lipinski definition) is 3. The third-order valence-electron chi connectivity index (χ3n) is 1.69. The molecule has 0 aliphatic rings. The molecule has 1 atom stereocenters. The number of hydrogen-bond donors (Lipinski definition) is 1. The first-order valence-corrected chi connectivity index (χ1v) is 5.06. The van der Waals surface area contributed by atoms with E-state index in [0.717, 1.165) is 0 Å². The summed E-state index contributed by atoms with van der Waals surface area (Å²) in [6.45, 7) is 4.36. The number of aliphatic hydroxyl groups is 1. The van der Waals surface area contributed by atoms with Crippen LogP contribution in [0.2, 0.25) is 0 Å². The van der Waals surface area contributed by atoms with E-state index in [-0.39, 0.29) is 6.42 Å². The molecule has 1 N–H and O–H groups in total. The van der Waals surface area contributed by atoms with Crippen LogP contribution in [-0.2, 0) is 9.47 Å². The molecule has 96 valence electrons. The van der Waals surface area contributed by atoms with Crippen LogP contribution in [0.5, 0.6) is 0 Å². The van der Waals surface area contributed by atoms with Crippen molar-refractivity contribution in [3.05, 3.63) is 12.2 Å². The van der Waals surface area contributed by atoms with Gasteiger partial charge in [0.15, 0.2) is 12.4 Å². The summed E-state index contributed by atoms with van der Waals surface area (Å²) in [6.07, 6.45) is -5.56. The van der Waals surface area contributed by atoms with Crippen LogP contribution in [0, 0.1) is 0 Å². The highest BCUT2D eigenvalue weighted by Crippen LogP contribution is 2.20. The van der Waals surface area contributed by atoms with E-state index in [2.05, 4.69) is 0 Å². The molecular formula is C10H17F3O3. The van der Waals surface area contributed by atoms with E-state index in [1.165, 1.54) is 6.08 Å². The summed E-state index contributed by atoms with van der Waals surface area (Å²) in [5.41, 5.74) is 0. The fraction of sp³-hybridized carbons (Fsp3) is 0.800. The molecule has 0 aromatic rings. The lowest BCUT2D eigenvalue weighted by molar-refractivity contribution is -0.188. The molecule has 3 nitrogen and oxygen atoms in total. The van der Waals surface area contributed by atoms with Crippen LogP contribution in [0.15, 0.2) is 12.2 Å². The van der Waals surface area contributed by atoms with Crippen molar-refractivity contribution in [2.24, 2.45) is 0 Å². The minimum atomic E-state index is -4.62. The average molecular weight is 242 g/mol. The van der Waals surface area contributed by atoms with Crippen molar-refractivity contribution in [1.29, 1.82) is 0 Å². The molecule has 0 rings (SSSR count). The third-order valence-corrected chi connectivity index (χ3v) is 1.69. The lowest BCUT2D eigenvalue weighted by atomic mass is 10.2. The summed E-state index contributed by atoms with van der Waals surface area (Å²) in [4.78, 5) is 0. The standard InChI is InChI=1S/C10H17F3O3/c1-3-15-9(16-4-2)7-5-6-8(14)10(11,12)13/h5-6,8-9,14H,3-4,7H2,1-2H3/b6-5+. The summed E-state index contributed by atoms with van der Waals surface area (Å²) < 4.78 is 45.9. The van der Waals surface area contributed by atoms with E-state index in [1.807, 2.05) is 0 Å². The van der Waals surface area contributed by atoms with Crippen molar-refractivity contribution in [3.63, 3.8) is 0 Å². The van der Waals surface area contributed by atoms with Gasteiger partial charge in [0.2, 0.25) is 0 Å². The topological polar surface area (TPSA) is 38.7 Å². The van der Waals surface area contributed by atoms with Crippen LogP contribution in [0.4, 0.5) is 13.2 Å². The van der Waals surface area contributed by atoms with Crippen LogP contribution in [0.3, 0.4) is 0 Å². The number of halogens is 3. The molecule has 0 aliphatic carbocycles. The molecule has 0 bridgehead atoms. The lowest BCUT2D eigenvalue weighted by Gasteiger charge is -2.15. The van der Waals surface area contributed by atoms with E-state index < -0.39 is 18.6 Å². The summed E-state index contributed by atoms with van der Waals surface area (Å²) >= 11 is 0. The molecule has 0 aliphatic heterocycles. The summed E-state index contributed by atoms with van der Waals surface area (Å²) in [7, 11) is 0. The lowest BCUT2D eigenvalue weighted by Crippen LogP contribution is -2.26. The molecule has 0 aromatic heterocycles. The summed E-state index contributed by atoms with van der Waals surface area (Å²) in [5, 5.41) is 8.66. The third kappa shape index (κ3) is 6.81. The first kappa shape index (κ1) is 15.4. The van der Waals surface area contributed by atoms with Gasteiger partial charge in [-0.2, -0.15) is 13.2 Å². The Balaban J connectivity index is 4.03. The molecule has 0 radical (unpaired) electrons. The molecule has 6 heteroatoms. The van der Waals surface area contributed by atoms with Crippen LogP contribution in [0.1, 0.15) is 20.3 Å². The second-order valence-electron chi connectivity index (χ2n) is 2.99. The van der Waals surface area contributed by atoms with Crippen LogP contribution in [0.25, 0.3) is 0 Å². The molecular weight excluding hydrogens is 225 g/mol. The molecule has 0 heterocycles. The monoisotopic (exact) mass is 242 g/mol. The van der Waals surface area contributed by atoms with Gasteiger partial charge in [0.25, 0.3) is 0 Å².